The van der Waals surface area contributed by atoms with Crippen LogP contribution in [0.5, 0.6) is 0 Å². The Morgan fingerprint density at radius 1 is 0.568 bits per heavy atom. The van der Waals surface area contributed by atoms with Gasteiger partial charge in [-0.1, -0.05) is 137 Å². The molecule has 0 saturated heterocycles. The molecule has 0 saturated carbocycles. The monoisotopic (exact) mass is 521 g/mol. The third-order valence-corrected chi connectivity index (χ3v) is 7.97. The van der Waals surface area contributed by atoms with Crippen molar-refractivity contribution in [1.29, 1.82) is 0 Å². The fourth-order valence-electron chi connectivity index (χ4n) is 5.79. The Hall–Kier alpha value is -0.790. The van der Waals surface area contributed by atoms with Crippen molar-refractivity contribution in [2.45, 2.75) is 176 Å². The summed E-state index contributed by atoms with van der Waals surface area (Å²) >= 11 is 0. The van der Waals surface area contributed by atoms with E-state index in [0.29, 0.717) is 12.5 Å². The molecule has 0 aliphatic carbocycles. The molecule has 4 atom stereocenters. The summed E-state index contributed by atoms with van der Waals surface area (Å²) in [6.07, 6.45) is 32.4. The van der Waals surface area contributed by atoms with Crippen molar-refractivity contribution in [3.63, 3.8) is 0 Å². The van der Waals surface area contributed by atoms with Crippen molar-refractivity contribution < 1.29 is 9.53 Å². The molecule has 0 amide bonds. The Kier molecular flexibility index (Phi) is 26.2. The van der Waals surface area contributed by atoms with Crippen molar-refractivity contribution in [3.8, 4) is 0 Å². The predicted molar refractivity (Wildman–Crippen MR) is 165 cm³/mol. The average Bonchev–Trinajstić information content (AvgIpc) is 2.85. The molecule has 0 aliphatic heterocycles. The highest BCUT2D eigenvalue weighted by molar-refractivity contribution is 5.71. The van der Waals surface area contributed by atoms with E-state index in [1.165, 1.54) is 109 Å². The quantitative estimate of drug-likeness (QED) is 0.0611. The maximum absolute atomic E-state index is 12.2. The molecule has 0 aromatic carbocycles. The second-order valence-electron chi connectivity index (χ2n) is 12.5. The summed E-state index contributed by atoms with van der Waals surface area (Å²) in [4.78, 5) is 12.2. The summed E-state index contributed by atoms with van der Waals surface area (Å²) in [5.74, 6) is 2.18. The van der Waals surface area contributed by atoms with E-state index in [2.05, 4.69) is 46.8 Å². The van der Waals surface area contributed by atoms with Crippen LogP contribution in [0.3, 0.4) is 0 Å². The van der Waals surface area contributed by atoms with Gasteiger partial charge in [-0.25, -0.2) is 0 Å². The Bertz CT molecular complexity index is 511. The molecule has 0 spiro atoms. The van der Waals surface area contributed by atoms with Gasteiger partial charge in [0.15, 0.2) is 0 Å². The highest BCUT2D eigenvalue weighted by atomic mass is 16.5. The molecule has 37 heavy (non-hydrogen) atoms. The fraction of sp³-hybridized carbons (Fsp3) is 0.914. The first kappa shape index (κ1) is 36.2. The van der Waals surface area contributed by atoms with Crippen LogP contribution < -0.4 is 0 Å². The topological polar surface area (TPSA) is 26.3 Å². The molecule has 0 aromatic heterocycles. The van der Waals surface area contributed by atoms with Crippen LogP contribution in [-0.2, 0) is 9.53 Å². The number of allylic oxidation sites excluding steroid dienone is 2. The molecule has 220 valence electrons. The SMILES string of the molecule is CCCCCCCC/C=C/CCCCCCCCC(C)CC(C)CC(C)CC(C)C(=O)OCCCCC. The number of carbonyl (C=O) groups excluding carboxylic acids is 1. The molecular formula is C35H68O2. The molecule has 2 nitrogen and oxygen atoms in total. The van der Waals surface area contributed by atoms with Crippen LogP contribution in [0.1, 0.15) is 176 Å². The summed E-state index contributed by atoms with van der Waals surface area (Å²) in [6, 6.07) is 0. The van der Waals surface area contributed by atoms with E-state index in [0.717, 1.165) is 37.5 Å². The molecule has 0 aliphatic rings. The smallest absolute Gasteiger partial charge is 0.308 e. The molecule has 0 aromatic rings. The van der Waals surface area contributed by atoms with E-state index in [1.807, 2.05) is 6.92 Å². The minimum atomic E-state index is 0.00365. The first-order chi connectivity index (χ1) is 17.9. The van der Waals surface area contributed by atoms with Crippen LogP contribution in [0.4, 0.5) is 0 Å². The maximum atomic E-state index is 12.2. The van der Waals surface area contributed by atoms with Crippen LogP contribution in [0.2, 0.25) is 0 Å². The zero-order valence-corrected chi connectivity index (χ0v) is 26.3. The van der Waals surface area contributed by atoms with Crippen LogP contribution >= 0.6 is 0 Å². The number of rotatable bonds is 27. The van der Waals surface area contributed by atoms with E-state index in [1.54, 1.807) is 0 Å². The molecule has 0 radical (unpaired) electrons. The number of esters is 1. The lowest BCUT2D eigenvalue weighted by molar-refractivity contribution is -0.148. The van der Waals surface area contributed by atoms with Gasteiger partial charge in [0.25, 0.3) is 0 Å². The zero-order valence-electron chi connectivity index (χ0n) is 26.3. The molecule has 2 heteroatoms. The highest BCUT2D eigenvalue weighted by Gasteiger charge is 2.20. The van der Waals surface area contributed by atoms with Gasteiger partial charge >= 0.3 is 5.97 Å². The second kappa shape index (κ2) is 26.8. The number of hydrogen-bond donors (Lipinski definition) is 0. The molecule has 0 rings (SSSR count). The van der Waals surface area contributed by atoms with Crippen LogP contribution in [0, 0.1) is 23.7 Å². The van der Waals surface area contributed by atoms with Crippen molar-refractivity contribution in [3.05, 3.63) is 12.2 Å². The second-order valence-corrected chi connectivity index (χ2v) is 12.5. The molecule has 0 bridgehead atoms. The minimum Gasteiger partial charge on any atom is -0.465 e. The first-order valence-corrected chi connectivity index (χ1v) is 16.7. The summed E-state index contributed by atoms with van der Waals surface area (Å²) in [5.41, 5.74) is 0. The normalized spacial score (nSPS) is 15.1. The van der Waals surface area contributed by atoms with Gasteiger partial charge in [0, 0.05) is 0 Å². The van der Waals surface area contributed by atoms with Crippen molar-refractivity contribution in [1.82, 2.24) is 0 Å². The average molecular weight is 521 g/mol. The van der Waals surface area contributed by atoms with Gasteiger partial charge in [-0.15, -0.1) is 0 Å². The lowest BCUT2D eigenvalue weighted by Crippen LogP contribution is -2.19. The van der Waals surface area contributed by atoms with E-state index < -0.39 is 0 Å². The van der Waals surface area contributed by atoms with Gasteiger partial charge in [-0.05, 0) is 69.1 Å². The number of ether oxygens (including phenoxy) is 1. The summed E-state index contributed by atoms with van der Waals surface area (Å²) in [5, 5.41) is 0. The van der Waals surface area contributed by atoms with Crippen LogP contribution in [-0.4, -0.2) is 12.6 Å². The fourth-order valence-corrected chi connectivity index (χ4v) is 5.79. The molecule has 0 heterocycles. The van der Waals surface area contributed by atoms with Crippen molar-refractivity contribution in [2.75, 3.05) is 6.61 Å². The molecular weight excluding hydrogens is 452 g/mol. The first-order valence-electron chi connectivity index (χ1n) is 16.7. The zero-order chi connectivity index (χ0) is 27.6. The van der Waals surface area contributed by atoms with E-state index >= 15 is 0 Å². The van der Waals surface area contributed by atoms with Crippen LogP contribution in [0.15, 0.2) is 12.2 Å². The van der Waals surface area contributed by atoms with Crippen molar-refractivity contribution >= 4 is 5.97 Å². The van der Waals surface area contributed by atoms with Crippen molar-refractivity contribution in [2.24, 2.45) is 23.7 Å². The Morgan fingerprint density at radius 2 is 1.03 bits per heavy atom. The number of unbranched alkanes of at least 4 members (excludes halogenated alkanes) is 14. The summed E-state index contributed by atoms with van der Waals surface area (Å²) in [7, 11) is 0. The molecule has 0 N–H and O–H groups in total. The summed E-state index contributed by atoms with van der Waals surface area (Å²) < 4.78 is 5.46. The van der Waals surface area contributed by atoms with E-state index in [9.17, 15) is 4.79 Å². The van der Waals surface area contributed by atoms with Gasteiger partial charge in [0.05, 0.1) is 12.5 Å². The largest absolute Gasteiger partial charge is 0.465 e. The highest BCUT2D eigenvalue weighted by Crippen LogP contribution is 2.27. The third kappa shape index (κ3) is 25.3. The Labute approximate surface area is 234 Å². The molecule has 0 fully saturated rings. The third-order valence-electron chi connectivity index (χ3n) is 7.97. The lowest BCUT2D eigenvalue weighted by Gasteiger charge is -2.22. The minimum absolute atomic E-state index is 0.00365. The number of carbonyl (C=O) groups is 1. The van der Waals surface area contributed by atoms with Crippen LogP contribution in [0.25, 0.3) is 0 Å². The van der Waals surface area contributed by atoms with Gasteiger partial charge < -0.3 is 4.74 Å². The van der Waals surface area contributed by atoms with Gasteiger partial charge in [-0.2, -0.15) is 0 Å². The Morgan fingerprint density at radius 3 is 1.62 bits per heavy atom. The lowest BCUT2D eigenvalue weighted by atomic mass is 9.84. The van der Waals surface area contributed by atoms with Gasteiger partial charge in [0.2, 0.25) is 0 Å². The van der Waals surface area contributed by atoms with E-state index in [-0.39, 0.29) is 11.9 Å². The molecule has 4 unspecified atom stereocenters. The Balaban J connectivity index is 3.63. The standard InChI is InChI=1S/C35H68O2/c1-7-9-11-12-13-14-15-16-17-18-19-20-21-22-23-24-26-31(3)28-32(4)29-33(5)30-34(6)35(36)37-27-25-10-8-2/h16-17,31-34H,7-15,18-30H2,1-6H3/b17-16+. The number of hydrogen-bond acceptors (Lipinski definition) is 2. The predicted octanol–water partition coefficient (Wildman–Crippen LogP) is 11.9. The van der Waals surface area contributed by atoms with Gasteiger partial charge in [0.1, 0.15) is 0 Å². The van der Waals surface area contributed by atoms with E-state index in [4.69, 9.17) is 4.74 Å². The maximum Gasteiger partial charge on any atom is 0.308 e. The summed E-state index contributed by atoms with van der Waals surface area (Å²) in [6.45, 7) is 14.3. The van der Waals surface area contributed by atoms with Gasteiger partial charge in [-0.3, -0.25) is 4.79 Å².